The smallest absolute Gasteiger partial charge is 0.0605 e. The molecule has 3 heteroatoms. The van der Waals surface area contributed by atoms with Crippen LogP contribution in [0.5, 0.6) is 0 Å². The van der Waals surface area contributed by atoms with E-state index in [4.69, 9.17) is 0 Å². The van der Waals surface area contributed by atoms with E-state index in [0.29, 0.717) is 6.04 Å². The number of thiophene rings is 1. The van der Waals surface area contributed by atoms with Crippen LogP contribution in [0.15, 0.2) is 29.9 Å². The lowest BCUT2D eigenvalue weighted by Gasteiger charge is -2.25. The van der Waals surface area contributed by atoms with Gasteiger partial charge in [0.1, 0.15) is 0 Å². The Morgan fingerprint density at radius 2 is 2.31 bits per heavy atom. The second-order valence-electron chi connectivity index (χ2n) is 4.17. The van der Waals surface area contributed by atoms with Crippen molar-refractivity contribution in [3.8, 4) is 0 Å². The van der Waals surface area contributed by atoms with E-state index in [-0.39, 0.29) is 0 Å². The second-order valence-corrected chi connectivity index (χ2v) is 5.17. The highest BCUT2D eigenvalue weighted by atomic mass is 32.1. The highest BCUT2D eigenvalue weighted by Crippen LogP contribution is 2.32. The van der Waals surface area contributed by atoms with Gasteiger partial charge in [-0.1, -0.05) is 0 Å². The normalized spacial score (nSPS) is 19.4. The van der Waals surface area contributed by atoms with E-state index >= 15 is 0 Å². The lowest BCUT2D eigenvalue weighted by Crippen LogP contribution is -2.30. The largest absolute Gasteiger partial charge is 0.306 e. The predicted octanol–water partition coefficient (Wildman–Crippen LogP) is 2.69. The molecule has 3 heterocycles. The quantitative estimate of drug-likeness (QED) is 0.814. The van der Waals surface area contributed by atoms with Gasteiger partial charge in [0.15, 0.2) is 0 Å². The number of hydrogen-bond donors (Lipinski definition) is 1. The number of hydrogen-bond acceptors (Lipinski definition) is 3. The van der Waals surface area contributed by atoms with Gasteiger partial charge in [-0.3, -0.25) is 4.98 Å². The molecule has 1 unspecified atom stereocenters. The Morgan fingerprint density at radius 3 is 3.19 bits per heavy atom. The van der Waals surface area contributed by atoms with Crippen LogP contribution in [0.2, 0.25) is 0 Å². The van der Waals surface area contributed by atoms with Gasteiger partial charge in [-0.2, -0.15) is 0 Å². The van der Waals surface area contributed by atoms with E-state index in [9.17, 15) is 0 Å². The summed E-state index contributed by atoms with van der Waals surface area (Å²) in [6, 6.07) is 4.66. The van der Waals surface area contributed by atoms with Gasteiger partial charge in [0.2, 0.25) is 0 Å². The average molecular weight is 230 g/mol. The summed E-state index contributed by atoms with van der Waals surface area (Å²) in [5.74, 6) is 0. The summed E-state index contributed by atoms with van der Waals surface area (Å²) >= 11 is 1.87. The van der Waals surface area contributed by atoms with Gasteiger partial charge >= 0.3 is 0 Å². The summed E-state index contributed by atoms with van der Waals surface area (Å²) in [5, 5.41) is 5.78. The monoisotopic (exact) mass is 230 g/mol. The third-order valence-corrected chi connectivity index (χ3v) is 4.18. The Bertz CT molecular complexity index is 504. The standard InChI is InChI=1S/C13H14N2S/c1-9-2-5-14-8-11(9)13-10-4-7-16-12(10)3-6-15-13/h2,4-5,7-8,13,15H,3,6H2,1H3. The van der Waals surface area contributed by atoms with Crippen molar-refractivity contribution in [2.45, 2.75) is 19.4 Å². The maximum atomic E-state index is 4.24. The molecule has 1 aliphatic rings. The van der Waals surface area contributed by atoms with E-state index in [0.717, 1.165) is 13.0 Å². The molecule has 0 aliphatic carbocycles. The van der Waals surface area contributed by atoms with E-state index in [1.807, 2.05) is 23.7 Å². The molecule has 0 radical (unpaired) electrons. The summed E-state index contributed by atoms with van der Waals surface area (Å²) in [7, 11) is 0. The molecular weight excluding hydrogens is 216 g/mol. The molecule has 0 bridgehead atoms. The minimum absolute atomic E-state index is 0.337. The first kappa shape index (κ1) is 10.00. The lowest BCUT2D eigenvalue weighted by atomic mass is 9.94. The zero-order valence-corrected chi connectivity index (χ0v) is 10.1. The van der Waals surface area contributed by atoms with Gasteiger partial charge in [-0.05, 0) is 47.5 Å². The Hall–Kier alpha value is -1.19. The number of pyridine rings is 1. The topological polar surface area (TPSA) is 24.9 Å². The minimum atomic E-state index is 0.337. The summed E-state index contributed by atoms with van der Waals surface area (Å²) < 4.78 is 0. The van der Waals surface area contributed by atoms with Gasteiger partial charge in [0, 0.05) is 23.8 Å². The summed E-state index contributed by atoms with van der Waals surface area (Å²) in [5.41, 5.74) is 4.06. The molecule has 0 amide bonds. The first-order chi connectivity index (χ1) is 7.86. The second kappa shape index (κ2) is 4.00. The minimum Gasteiger partial charge on any atom is -0.306 e. The van der Waals surface area contributed by atoms with E-state index in [1.54, 1.807) is 0 Å². The maximum absolute atomic E-state index is 4.24. The molecule has 0 saturated heterocycles. The molecule has 1 N–H and O–H groups in total. The molecule has 82 valence electrons. The molecule has 2 nitrogen and oxygen atoms in total. The van der Waals surface area contributed by atoms with Crippen molar-refractivity contribution in [3.05, 3.63) is 51.5 Å². The van der Waals surface area contributed by atoms with Crippen molar-refractivity contribution in [3.63, 3.8) is 0 Å². The first-order valence-corrected chi connectivity index (χ1v) is 6.44. The van der Waals surface area contributed by atoms with Gasteiger partial charge < -0.3 is 5.32 Å². The number of aryl methyl sites for hydroxylation is 1. The Balaban J connectivity index is 2.08. The zero-order chi connectivity index (χ0) is 11.0. The fourth-order valence-corrected chi connectivity index (χ4v) is 3.23. The van der Waals surface area contributed by atoms with Crippen LogP contribution in [0.4, 0.5) is 0 Å². The van der Waals surface area contributed by atoms with Gasteiger partial charge in [-0.25, -0.2) is 0 Å². The van der Waals surface area contributed by atoms with Crippen LogP contribution in [0.3, 0.4) is 0 Å². The Kier molecular flexibility index (Phi) is 2.50. The molecule has 0 saturated carbocycles. The predicted molar refractivity (Wildman–Crippen MR) is 66.8 cm³/mol. The number of fused-ring (bicyclic) bond motifs is 1. The van der Waals surface area contributed by atoms with Crippen LogP contribution >= 0.6 is 11.3 Å². The molecule has 0 fully saturated rings. The van der Waals surface area contributed by atoms with E-state index < -0.39 is 0 Å². The fourth-order valence-electron chi connectivity index (χ4n) is 2.31. The van der Waals surface area contributed by atoms with Crippen LogP contribution < -0.4 is 5.32 Å². The average Bonchev–Trinajstić information content (AvgIpc) is 2.77. The molecule has 3 rings (SSSR count). The maximum Gasteiger partial charge on any atom is 0.0605 e. The molecule has 16 heavy (non-hydrogen) atoms. The number of rotatable bonds is 1. The van der Waals surface area contributed by atoms with Gasteiger partial charge in [0.05, 0.1) is 6.04 Å². The van der Waals surface area contributed by atoms with Crippen molar-refractivity contribution >= 4 is 11.3 Å². The summed E-state index contributed by atoms with van der Waals surface area (Å²) in [6.45, 7) is 3.21. The van der Waals surface area contributed by atoms with Crippen molar-refractivity contribution in [2.75, 3.05) is 6.54 Å². The van der Waals surface area contributed by atoms with Crippen LogP contribution in [0.1, 0.15) is 27.6 Å². The first-order valence-electron chi connectivity index (χ1n) is 5.56. The molecular formula is C13H14N2S. The van der Waals surface area contributed by atoms with Crippen molar-refractivity contribution in [1.82, 2.24) is 10.3 Å². The molecule has 1 atom stereocenters. The van der Waals surface area contributed by atoms with Crippen LogP contribution in [0.25, 0.3) is 0 Å². The third kappa shape index (κ3) is 1.56. The number of nitrogens with zero attached hydrogens (tertiary/aromatic N) is 1. The summed E-state index contributed by atoms with van der Waals surface area (Å²) in [6.07, 6.45) is 5.00. The van der Waals surface area contributed by atoms with Crippen LogP contribution in [0, 0.1) is 6.92 Å². The highest BCUT2D eigenvalue weighted by Gasteiger charge is 2.23. The van der Waals surface area contributed by atoms with Gasteiger partial charge in [0.25, 0.3) is 0 Å². The molecule has 0 aromatic carbocycles. The van der Waals surface area contributed by atoms with Crippen molar-refractivity contribution in [1.29, 1.82) is 0 Å². The molecule has 1 aliphatic heterocycles. The van der Waals surface area contributed by atoms with Gasteiger partial charge in [-0.15, -0.1) is 11.3 Å². The Morgan fingerprint density at radius 1 is 1.38 bits per heavy atom. The molecule has 2 aromatic rings. The van der Waals surface area contributed by atoms with E-state index in [1.165, 1.54) is 21.6 Å². The highest BCUT2D eigenvalue weighted by molar-refractivity contribution is 7.10. The van der Waals surface area contributed by atoms with E-state index in [2.05, 4.69) is 34.7 Å². The Labute approximate surface area is 99.4 Å². The van der Waals surface area contributed by atoms with Crippen LogP contribution in [-0.2, 0) is 6.42 Å². The van der Waals surface area contributed by atoms with Crippen molar-refractivity contribution in [2.24, 2.45) is 0 Å². The third-order valence-electron chi connectivity index (χ3n) is 3.18. The molecule has 2 aromatic heterocycles. The number of nitrogens with one attached hydrogen (secondary N) is 1. The van der Waals surface area contributed by atoms with Crippen LogP contribution in [-0.4, -0.2) is 11.5 Å². The van der Waals surface area contributed by atoms with Crippen molar-refractivity contribution < 1.29 is 0 Å². The fraction of sp³-hybridized carbons (Fsp3) is 0.308. The zero-order valence-electron chi connectivity index (χ0n) is 9.23. The lowest BCUT2D eigenvalue weighted by molar-refractivity contribution is 0.571. The molecule has 0 spiro atoms. The number of aromatic nitrogens is 1. The summed E-state index contributed by atoms with van der Waals surface area (Å²) in [4.78, 5) is 5.76. The SMILES string of the molecule is Cc1ccncc1C1NCCc2sccc21.